The van der Waals surface area contributed by atoms with Crippen LogP contribution in [0.2, 0.25) is 0 Å². The van der Waals surface area contributed by atoms with Crippen molar-refractivity contribution in [1.82, 2.24) is 20.1 Å². The first-order chi connectivity index (χ1) is 14.5. The van der Waals surface area contributed by atoms with E-state index >= 15 is 0 Å². The fraction of sp³-hybridized carbons (Fsp3) is 0.409. The first-order valence-corrected chi connectivity index (χ1v) is 11.0. The lowest BCUT2D eigenvalue weighted by Gasteiger charge is -2.31. The van der Waals surface area contributed by atoms with Crippen molar-refractivity contribution in [2.75, 3.05) is 25.1 Å². The topological polar surface area (TPSA) is 72.3 Å². The molecule has 1 aliphatic rings. The average Bonchev–Trinajstić information content (AvgIpc) is 3.38. The van der Waals surface area contributed by atoms with Crippen LogP contribution in [0.5, 0.6) is 5.75 Å². The Kier molecular flexibility index (Phi) is 6.03. The molecule has 2 aromatic heterocycles. The normalized spacial score (nSPS) is 16.5. The molecule has 0 bridgehead atoms. The van der Waals surface area contributed by atoms with Crippen molar-refractivity contribution in [1.29, 1.82) is 0 Å². The van der Waals surface area contributed by atoms with Crippen LogP contribution in [0.15, 0.2) is 36.4 Å². The zero-order valence-electron chi connectivity index (χ0n) is 17.6. The quantitative estimate of drug-likeness (QED) is 0.655. The average molecular weight is 426 g/mol. The number of amides is 1. The van der Waals surface area contributed by atoms with Gasteiger partial charge in [-0.1, -0.05) is 23.5 Å². The second-order valence-electron chi connectivity index (χ2n) is 7.67. The van der Waals surface area contributed by atoms with Gasteiger partial charge in [0.05, 0.1) is 13.0 Å². The van der Waals surface area contributed by atoms with Gasteiger partial charge < -0.3 is 15.0 Å². The number of anilines is 1. The predicted octanol–water partition coefficient (Wildman–Crippen LogP) is 3.49. The predicted molar refractivity (Wildman–Crippen MR) is 118 cm³/mol. The maximum atomic E-state index is 12.8. The molecule has 1 atom stereocenters. The van der Waals surface area contributed by atoms with E-state index in [0.717, 1.165) is 52.4 Å². The van der Waals surface area contributed by atoms with Crippen LogP contribution in [0.4, 0.5) is 5.13 Å². The van der Waals surface area contributed by atoms with Gasteiger partial charge in [0.15, 0.2) is 0 Å². The molecule has 1 aromatic carbocycles. The number of carbonyl (C=O) groups is 1. The molecule has 1 amide bonds. The molecular formula is C22H27N5O2S. The second kappa shape index (κ2) is 8.87. The van der Waals surface area contributed by atoms with Gasteiger partial charge in [-0.3, -0.25) is 9.36 Å². The van der Waals surface area contributed by atoms with Gasteiger partial charge in [0.2, 0.25) is 16.2 Å². The van der Waals surface area contributed by atoms with Crippen LogP contribution in [0.1, 0.15) is 29.8 Å². The van der Waals surface area contributed by atoms with Gasteiger partial charge >= 0.3 is 0 Å². The number of nitrogens with zero attached hydrogens (tertiary/aromatic N) is 4. The lowest BCUT2D eigenvalue weighted by atomic mass is 9.97. The van der Waals surface area contributed by atoms with E-state index in [2.05, 4.69) is 51.0 Å². The second-order valence-corrected chi connectivity index (χ2v) is 8.61. The lowest BCUT2D eigenvalue weighted by molar-refractivity contribution is -0.125. The highest BCUT2D eigenvalue weighted by molar-refractivity contribution is 7.17. The molecule has 1 saturated heterocycles. The number of methoxy groups -OCH3 is 1. The first-order valence-electron chi connectivity index (χ1n) is 10.2. The summed E-state index contributed by atoms with van der Waals surface area (Å²) < 4.78 is 7.37. The van der Waals surface area contributed by atoms with Crippen molar-refractivity contribution in [2.45, 2.75) is 33.2 Å². The van der Waals surface area contributed by atoms with Crippen molar-refractivity contribution >= 4 is 22.4 Å². The van der Waals surface area contributed by atoms with Gasteiger partial charge in [0, 0.05) is 31.0 Å². The molecule has 4 rings (SSSR count). The van der Waals surface area contributed by atoms with E-state index in [9.17, 15) is 4.79 Å². The Balaban J connectivity index is 1.39. The number of hydrogen-bond acceptors (Lipinski definition) is 6. The molecule has 1 fully saturated rings. The van der Waals surface area contributed by atoms with Crippen LogP contribution < -0.4 is 15.0 Å². The monoisotopic (exact) mass is 425 g/mol. The summed E-state index contributed by atoms with van der Waals surface area (Å²) in [5.74, 6) is 0.835. The van der Waals surface area contributed by atoms with Gasteiger partial charge in [-0.2, -0.15) is 0 Å². The van der Waals surface area contributed by atoms with E-state index in [-0.39, 0.29) is 11.8 Å². The Morgan fingerprint density at radius 2 is 1.97 bits per heavy atom. The first kappa shape index (κ1) is 20.4. The highest BCUT2D eigenvalue weighted by atomic mass is 32.1. The van der Waals surface area contributed by atoms with E-state index in [1.807, 2.05) is 24.3 Å². The van der Waals surface area contributed by atoms with Crippen LogP contribution >= 0.6 is 11.3 Å². The third-order valence-electron chi connectivity index (χ3n) is 5.53. The van der Waals surface area contributed by atoms with Crippen molar-refractivity contribution in [3.63, 3.8) is 0 Å². The van der Waals surface area contributed by atoms with E-state index in [1.54, 1.807) is 18.4 Å². The molecule has 3 aromatic rings. The molecule has 0 unspecified atom stereocenters. The minimum absolute atomic E-state index is 0.0493. The number of benzene rings is 1. The molecule has 30 heavy (non-hydrogen) atoms. The van der Waals surface area contributed by atoms with Crippen molar-refractivity contribution in [3.8, 4) is 10.9 Å². The van der Waals surface area contributed by atoms with Gasteiger partial charge in [-0.05, 0) is 56.5 Å². The Morgan fingerprint density at radius 1 is 1.20 bits per heavy atom. The molecule has 1 N–H and O–H groups in total. The largest absolute Gasteiger partial charge is 0.497 e. The van der Waals surface area contributed by atoms with Gasteiger partial charge in [-0.25, -0.2) is 0 Å². The van der Waals surface area contributed by atoms with E-state index < -0.39 is 0 Å². The fourth-order valence-electron chi connectivity index (χ4n) is 3.88. The van der Waals surface area contributed by atoms with Crippen LogP contribution in [-0.4, -0.2) is 40.9 Å². The highest BCUT2D eigenvalue weighted by Gasteiger charge is 2.28. The Hall–Kier alpha value is -2.87. The van der Waals surface area contributed by atoms with Gasteiger partial charge in [0.25, 0.3) is 0 Å². The molecule has 1 aliphatic heterocycles. The van der Waals surface area contributed by atoms with E-state index in [1.165, 1.54) is 0 Å². The summed E-state index contributed by atoms with van der Waals surface area (Å²) in [6, 6.07) is 11.9. The maximum absolute atomic E-state index is 12.8. The minimum Gasteiger partial charge on any atom is -0.497 e. The maximum Gasteiger partial charge on any atom is 0.225 e. The Morgan fingerprint density at radius 3 is 2.73 bits per heavy atom. The zero-order chi connectivity index (χ0) is 21.1. The molecule has 3 heterocycles. The third-order valence-corrected chi connectivity index (χ3v) is 6.50. The molecule has 0 spiro atoms. The van der Waals surface area contributed by atoms with Gasteiger partial charge in [0.1, 0.15) is 5.75 Å². The van der Waals surface area contributed by atoms with E-state index in [4.69, 9.17) is 4.74 Å². The van der Waals surface area contributed by atoms with Crippen LogP contribution in [0, 0.1) is 19.8 Å². The van der Waals surface area contributed by atoms with Crippen molar-refractivity contribution in [3.05, 3.63) is 53.3 Å². The van der Waals surface area contributed by atoms with Crippen LogP contribution in [0.3, 0.4) is 0 Å². The number of hydrogen-bond donors (Lipinski definition) is 1. The summed E-state index contributed by atoms with van der Waals surface area (Å²) in [5, 5.41) is 13.6. The molecular weight excluding hydrogens is 398 g/mol. The zero-order valence-corrected chi connectivity index (χ0v) is 18.4. The number of aryl methyl sites for hydroxylation is 2. The number of piperidine rings is 1. The minimum atomic E-state index is -0.0493. The van der Waals surface area contributed by atoms with E-state index in [0.29, 0.717) is 13.1 Å². The molecule has 158 valence electrons. The number of aromatic nitrogens is 3. The highest BCUT2D eigenvalue weighted by Crippen LogP contribution is 2.29. The number of rotatable bonds is 6. The summed E-state index contributed by atoms with van der Waals surface area (Å²) in [7, 11) is 1.64. The summed E-state index contributed by atoms with van der Waals surface area (Å²) in [6.45, 7) is 6.21. The fourth-order valence-corrected chi connectivity index (χ4v) is 4.88. The molecule has 0 radical (unpaired) electrons. The summed E-state index contributed by atoms with van der Waals surface area (Å²) in [5.41, 5.74) is 3.31. The number of carbonyl (C=O) groups excluding carboxylic acids is 1. The third kappa shape index (κ3) is 4.33. The standard InChI is InChI=1S/C22H27N5O2S/c1-15-9-10-16(2)27(15)22-25-24-21(30-22)26-11-5-7-18(14-26)20(28)23-13-17-6-4-8-19(12-17)29-3/h4,6,8-10,12,18H,5,7,11,13-14H2,1-3H3,(H,23,28)/t18-/m1/s1. The van der Waals surface area contributed by atoms with Crippen LogP contribution in [0.25, 0.3) is 5.13 Å². The molecule has 0 aliphatic carbocycles. The Bertz CT molecular complexity index is 1010. The summed E-state index contributed by atoms with van der Waals surface area (Å²) in [4.78, 5) is 15.0. The lowest BCUT2D eigenvalue weighted by Crippen LogP contribution is -2.43. The van der Waals surface area contributed by atoms with Crippen LogP contribution in [-0.2, 0) is 11.3 Å². The molecule has 8 heteroatoms. The van der Waals surface area contributed by atoms with Gasteiger partial charge in [-0.15, -0.1) is 10.2 Å². The summed E-state index contributed by atoms with van der Waals surface area (Å²) >= 11 is 1.57. The summed E-state index contributed by atoms with van der Waals surface area (Å²) in [6.07, 6.45) is 1.86. The number of nitrogens with one attached hydrogen (secondary N) is 1. The molecule has 0 saturated carbocycles. The van der Waals surface area contributed by atoms with Crippen molar-refractivity contribution < 1.29 is 9.53 Å². The van der Waals surface area contributed by atoms with Crippen molar-refractivity contribution in [2.24, 2.45) is 5.92 Å². The molecule has 7 nitrogen and oxygen atoms in total. The smallest absolute Gasteiger partial charge is 0.225 e. The SMILES string of the molecule is COc1cccc(CNC(=O)[C@@H]2CCCN(c3nnc(-n4c(C)ccc4C)s3)C2)c1. The Labute approximate surface area is 180 Å². The number of ether oxygens (including phenoxy) is 1.